The fourth-order valence-electron chi connectivity index (χ4n) is 2.50. The van der Waals surface area contributed by atoms with Crippen LogP contribution < -0.4 is 10.2 Å². The molecule has 2 nitrogen and oxygen atoms in total. The standard InChI is InChI=1S/C18H24N2/c1-5-19-18(17-12-7-6-9-14(17)2)15-10-8-11-16(13-15)20(3)4/h6-13,18-19H,5H2,1-4H3. The van der Waals surface area contributed by atoms with E-state index < -0.39 is 0 Å². The highest BCUT2D eigenvalue weighted by Crippen LogP contribution is 2.27. The van der Waals surface area contributed by atoms with Gasteiger partial charge in [0.2, 0.25) is 0 Å². The number of anilines is 1. The van der Waals surface area contributed by atoms with E-state index in [-0.39, 0.29) is 6.04 Å². The highest BCUT2D eigenvalue weighted by Gasteiger charge is 2.15. The Hall–Kier alpha value is -1.80. The predicted octanol–water partition coefficient (Wildman–Crippen LogP) is 3.76. The van der Waals surface area contributed by atoms with Gasteiger partial charge in [0.15, 0.2) is 0 Å². The van der Waals surface area contributed by atoms with Crippen molar-refractivity contribution in [3.8, 4) is 0 Å². The number of nitrogens with one attached hydrogen (secondary N) is 1. The molecular formula is C18H24N2. The molecule has 0 saturated carbocycles. The van der Waals surface area contributed by atoms with Gasteiger partial charge in [-0.1, -0.05) is 43.3 Å². The van der Waals surface area contributed by atoms with Gasteiger partial charge >= 0.3 is 0 Å². The maximum Gasteiger partial charge on any atom is 0.0580 e. The molecule has 2 aromatic carbocycles. The molecule has 0 bridgehead atoms. The Morgan fingerprint density at radius 1 is 1.05 bits per heavy atom. The molecule has 0 spiro atoms. The number of hydrogen-bond acceptors (Lipinski definition) is 2. The summed E-state index contributed by atoms with van der Waals surface area (Å²) in [4.78, 5) is 2.14. The molecule has 20 heavy (non-hydrogen) atoms. The summed E-state index contributed by atoms with van der Waals surface area (Å²) in [6.07, 6.45) is 0. The summed E-state index contributed by atoms with van der Waals surface area (Å²) in [5.41, 5.74) is 5.23. The summed E-state index contributed by atoms with van der Waals surface area (Å²) in [6.45, 7) is 5.28. The molecule has 2 aromatic rings. The summed E-state index contributed by atoms with van der Waals surface area (Å²) in [6, 6.07) is 17.6. The van der Waals surface area contributed by atoms with Gasteiger partial charge in [0, 0.05) is 19.8 Å². The first-order chi connectivity index (χ1) is 9.63. The Morgan fingerprint density at radius 3 is 2.45 bits per heavy atom. The largest absolute Gasteiger partial charge is 0.378 e. The van der Waals surface area contributed by atoms with Crippen LogP contribution in [-0.4, -0.2) is 20.6 Å². The van der Waals surface area contributed by atoms with Crippen LogP contribution in [0.5, 0.6) is 0 Å². The van der Waals surface area contributed by atoms with Gasteiger partial charge in [-0.05, 0) is 42.3 Å². The first-order valence-electron chi connectivity index (χ1n) is 7.19. The van der Waals surface area contributed by atoms with Gasteiger partial charge in [-0.2, -0.15) is 0 Å². The Labute approximate surface area is 122 Å². The number of hydrogen-bond donors (Lipinski definition) is 1. The average Bonchev–Trinajstić information content (AvgIpc) is 2.46. The lowest BCUT2D eigenvalue weighted by Gasteiger charge is -2.22. The predicted molar refractivity (Wildman–Crippen MR) is 87.5 cm³/mol. The van der Waals surface area contributed by atoms with Crippen LogP contribution in [0.4, 0.5) is 5.69 Å². The van der Waals surface area contributed by atoms with Crippen molar-refractivity contribution in [1.29, 1.82) is 0 Å². The van der Waals surface area contributed by atoms with Crippen LogP contribution >= 0.6 is 0 Å². The van der Waals surface area contributed by atoms with Crippen molar-refractivity contribution in [2.45, 2.75) is 19.9 Å². The van der Waals surface area contributed by atoms with E-state index in [4.69, 9.17) is 0 Å². The average molecular weight is 268 g/mol. The SMILES string of the molecule is CCNC(c1cccc(N(C)C)c1)c1ccccc1C. The molecule has 0 saturated heterocycles. The molecule has 2 heteroatoms. The number of benzene rings is 2. The van der Waals surface area contributed by atoms with Gasteiger partial charge in [-0.3, -0.25) is 0 Å². The third kappa shape index (κ3) is 3.20. The molecule has 0 fully saturated rings. The molecule has 0 aliphatic heterocycles. The van der Waals surface area contributed by atoms with Gasteiger partial charge in [0.05, 0.1) is 6.04 Å². The third-order valence-electron chi connectivity index (χ3n) is 3.63. The molecule has 0 aliphatic carbocycles. The van der Waals surface area contributed by atoms with Crippen LogP contribution in [0.15, 0.2) is 48.5 Å². The Morgan fingerprint density at radius 2 is 1.80 bits per heavy atom. The van der Waals surface area contributed by atoms with Crippen LogP contribution in [0.3, 0.4) is 0 Å². The second kappa shape index (κ2) is 6.58. The second-order valence-corrected chi connectivity index (χ2v) is 5.34. The maximum atomic E-state index is 3.60. The van der Waals surface area contributed by atoms with Crippen molar-refractivity contribution in [3.05, 3.63) is 65.2 Å². The highest BCUT2D eigenvalue weighted by molar-refractivity contribution is 5.50. The number of rotatable bonds is 5. The molecular weight excluding hydrogens is 244 g/mol. The van der Waals surface area contributed by atoms with E-state index in [0.717, 1.165) is 6.54 Å². The summed E-state index contributed by atoms with van der Waals surface area (Å²) >= 11 is 0. The zero-order valence-electron chi connectivity index (χ0n) is 12.9. The summed E-state index contributed by atoms with van der Waals surface area (Å²) in [5.74, 6) is 0. The minimum atomic E-state index is 0.251. The van der Waals surface area contributed by atoms with E-state index in [1.54, 1.807) is 0 Å². The molecule has 106 valence electrons. The minimum absolute atomic E-state index is 0.251. The Kier molecular flexibility index (Phi) is 4.80. The van der Waals surface area contributed by atoms with E-state index in [2.05, 4.69) is 86.7 Å². The second-order valence-electron chi connectivity index (χ2n) is 5.34. The van der Waals surface area contributed by atoms with Crippen molar-refractivity contribution in [3.63, 3.8) is 0 Å². The van der Waals surface area contributed by atoms with Crippen molar-refractivity contribution >= 4 is 5.69 Å². The zero-order valence-corrected chi connectivity index (χ0v) is 12.9. The van der Waals surface area contributed by atoms with Gasteiger partial charge in [0.1, 0.15) is 0 Å². The molecule has 0 heterocycles. The maximum absolute atomic E-state index is 3.60. The molecule has 2 rings (SSSR count). The van der Waals surface area contributed by atoms with Gasteiger partial charge in [-0.25, -0.2) is 0 Å². The Balaban J connectivity index is 2.43. The van der Waals surface area contributed by atoms with Crippen molar-refractivity contribution < 1.29 is 0 Å². The monoisotopic (exact) mass is 268 g/mol. The minimum Gasteiger partial charge on any atom is -0.378 e. The van der Waals surface area contributed by atoms with E-state index in [1.165, 1.54) is 22.4 Å². The molecule has 0 amide bonds. The van der Waals surface area contributed by atoms with E-state index in [0.29, 0.717) is 0 Å². The number of aryl methyl sites for hydroxylation is 1. The Bertz CT molecular complexity index is 561. The van der Waals surface area contributed by atoms with E-state index in [1.807, 2.05) is 0 Å². The molecule has 1 atom stereocenters. The van der Waals surface area contributed by atoms with Crippen molar-refractivity contribution in [2.24, 2.45) is 0 Å². The fraction of sp³-hybridized carbons (Fsp3) is 0.333. The van der Waals surface area contributed by atoms with Gasteiger partial charge < -0.3 is 10.2 Å². The lowest BCUT2D eigenvalue weighted by atomic mass is 9.94. The topological polar surface area (TPSA) is 15.3 Å². The molecule has 1 N–H and O–H groups in total. The first kappa shape index (κ1) is 14.6. The van der Waals surface area contributed by atoms with Crippen LogP contribution in [0.2, 0.25) is 0 Å². The summed E-state index contributed by atoms with van der Waals surface area (Å²) < 4.78 is 0. The van der Waals surface area contributed by atoms with Crippen LogP contribution in [0, 0.1) is 6.92 Å². The zero-order chi connectivity index (χ0) is 14.5. The van der Waals surface area contributed by atoms with Crippen LogP contribution in [0.1, 0.15) is 29.7 Å². The molecule has 1 unspecified atom stereocenters. The molecule has 0 aromatic heterocycles. The summed E-state index contributed by atoms with van der Waals surface area (Å²) in [7, 11) is 4.16. The third-order valence-corrected chi connectivity index (χ3v) is 3.63. The lowest BCUT2D eigenvalue weighted by Crippen LogP contribution is -2.23. The molecule has 0 aliphatic rings. The van der Waals surface area contributed by atoms with Crippen LogP contribution in [0.25, 0.3) is 0 Å². The highest BCUT2D eigenvalue weighted by atomic mass is 15.1. The summed E-state index contributed by atoms with van der Waals surface area (Å²) in [5, 5.41) is 3.60. The van der Waals surface area contributed by atoms with Gasteiger partial charge in [0.25, 0.3) is 0 Å². The van der Waals surface area contributed by atoms with Crippen molar-refractivity contribution in [1.82, 2.24) is 5.32 Å². The molecule has 0 radical (unpaired) electrons. The van der Waals surface area contributed by atoms with Crippen LogP contribution in [-0.2, 0) is 0 Å². The van der Waals surface area contributed by atoms with E-state index in [9.17, 15) is 0 Å². The van der Waals surface area contributed by atoms with Gasteiger partial charge in [-0.15, -0.1) is 0 Å². The lowest BCUT2D eigenvalue weighted by molar-refractivity contribution is 0.628. The van der Waals surface area contributed by atoms with Crippen molar-refractivity contribution in [2.75, 3.05) is 25.5 Å². The van der Waals surface area contributed by atoms with E-state index >= 15 is 0 Å². The smallest absolute Gasteiger partial charge is 0.0580 e. The first-order valence-corrected chi connectivity index (χ1v) is 7.19. The number of nitrogens with zero attached hydrogens (tertiary/aromatic N) is 1. The normalized spacial score (nSPS) is 12.2. The quantitative estimate of drug-likeness (QED) is 0.888. The fourth-order valence-corrected chi connectivity index (χ4v) is 2.50.